The number of hydrogen-bond donors (Lipinski definition) is 3. The summed E-state index contributed by atoms with van der Waals surface area (Å²) in [6.07, 6.45) is 0. The molecule has 4 aromatic rings. The van der Waals surface area contributed by atoms with Crippen LogP contribution in [0.2, 0.25) is 0 Å². The SMILES string of the molecule is COc1cccc(OCc2ccccc2)c1S(O)(O)Nc1noc2cccc(OC)c12.[HH]. The predicted molar refractivity (Wildman–Crippen MR) is 121 cm³/mol. The second kappa shape index (κ2) is 8.76. The molecular formula is C22H24N2O6S. The lowest BCUT2D eigenvalue weighted by Gasteiger charge is -2.34. The van der Waals surface area contributed by atoms with Gasteiger partial charge in [0.05, 0.1) is 14.2 Å². The largest absolute Gasteiger partial charge is 0.496 e. The van der Waals surface area contributed by atoms with Gasteiger partial charge in [-0.25, -0.2) is 0 Å². The zero-order valence-corrected chi connectivity index (χ0v) is 17.8. The molecule has 164 valence electrons. The Kier molecular flexibility index (Phi) is 5.90. The second-order valence-electron chi connectivity index (χ2n) is 6.58. The van der Waals surface area contributed by atoms with E-state index in [1.165, 1.54) is 14.2 Å². The summed E-state index contributed by atoms with van der Waals surface area (Å²) >= 11 is 0. The molecule has 4 rings (SSSR count). The quantitative estimate of drug-likeness (QED) is 0.313. The van der Waals surface area contributed by atoms with Crippen LogP contribution < -0.4 is 18.9 Å². The standard InChI is InChI=1S/C22H22N2O6S.H2/c1-27-16-10-6-11-17-20(16)22(23-30-17)24-31(25,26)21-18(28-2)12-7-13-19(21)29-14-15-8-4-3-5-9-15;/h3-13,25-26H,14H2,1-2H3,(H,23,24);1H. The maximum atomic E-state index is 11.1. The van der Waals surface area contributed by atoms with Crippen molar-refractivity contribution in [1.29, 1.82) is 0 Å². The van der Waals surface area contributed by atoms with Crippen molar-refractivity contribution >= 4 is 27.6 Å². The molecular weight excluding hydrogens is 420 g/mol. The average molecular weight is 445 g/mol. The van der Waals surface area contributed by atoms with E-state index in [1.807, 2.05) is 30.3 Å². The minimum Gasteiger partial charge on any atom is -0.496 e. The zero-order chi connectivity index (χ0) is 21.8. The summed E-state index contributed by atoms with van der Waals surface area (Å²) in [4.78, 5) is 0.0829. The van der Waals surface area contributed by atoms with Gasteiger partial charge in [-0.15, -0.1) is 0 Å². The lowest BCUT2D eigenvalue weighted by atomic mass is 10.2. The molecule has 0 aliphatic heterocycles. The van der Waals surface area contributed by atoms with Crippen LogP contribution in [0.25, 0.3) is 11.0 Å². The van der Waals surface area contributed by atoms with E-state index in [0.717, 1.165) is 5.56 Å². The Balaban J connectivity index is 0.00000289. The number of ether oxygens (including phenoxy) is 3. The molecule has 3 N–H and O–H groups in total. The Labute approximate surface area is 182 Å². The van der Waals surface area contributed by atoms with Crippen LogP contribution in [-0.2, 0) is 6.61 Å². The van der Waals surface area contributed by atoms with E-state index < -0.39 is 10.8 Å². The van der Waals surface area contributed by atoms with E-state index in [9.17, 15) is 9.11 Å². The second-order valence-corrected chi connectivity index (χ2v) is 8.29. The lowest BCUT2D eigenvalue weighted by Crippen LogP contribution is -2.13. The molecule has 0 radical (unpaired) electrons. The minimum absolute atomic E-state index is 0. The van der Waals surface area contributed by atoms with E-state index in [2.05, 4.69) is 9.88 Å². The highest BCUT2D eigenvalue weighted by atomic mass is 32.3. The van der Waals surface area contributed by atoms with Gasteiger partial charge in [-0.05, 0) is 29.8 Å². The third kappa shape index (κ3) is 4.24. The van der Waals surface area contributed by atoms with E-state index in [4.69, 9.17) is 18.7 Å². The Bertz CT molecular complexity index is 1190. The Morgan fingerprint density at radius 1 is 0.903 bits per heavy atom. The lowest BCUT2D eigenvalue weighted by molar-refractivity contribution is 0.291. The fourth-order valence-electron chi connectivity index (χ4n) is 3.17. The van der Waals surface area contributed by atoms with E-state index in [1.54, 1.807) is 36.4 Å². The van der Waals surface area contributed by atoms with E-state index in [0.29, 0.717) is 16.7 Å². The van der Waals surface area contributed by atoms with Crippen molar-refractivity contribution in [2.45, 2.75) is 11.5 Å². The number of anilines is 1. The molecule has 0 aliphatic rings. The van der Waals surface area contributed by atoms with Crippen molar-refractivity contribution in [2.24, 2.45) is 0 Å². The first-order chi connectivity index (χ1) is 15.0. The van der Waals surface area contributed by atoms with Crippen LogP contribution in [0.1, 0.15) is 6.99 Å². The van der Waals surface area contributed by atoms with E-state index >= 15 is 0 Å². The number of nitrogens with one attached hydrogen (secondary N) is 1. The monoisotopic (exact) mass is 444 g/mol. The van der Waals surface area contributed by atoms with Gasteiger partial charge < -0.3 is 18.7 Å². The van der Waals surface area contributed by atoms with Crippen LogP contribution in [0.5, 0.6) is 17.2 Å². The number of rotatable bonds is 8. The predicted octanol–water partition coefficient (Wildman–Crippen LogP) is 5.81. The fourth-order valence-corrected chi connectivity index (χ4v) is 4.52. The van der Waals surface area contributed by atoms with Crippen LogP contribution >= 0.6 is 10.8 Å². The highest BCUT2D eigenvalue weighted by molar-refractivity contribution is 8.25. The molecule has 0 amide bonds. The van der Waals surface area contributed by atoms with Gasteiger partial charge in [-0.1, -0.05) is 58.4 Å². The van der Waals surface area contributed by atoms with Gasteiger partial charge in [-0.3, -0.25) is 13.8 Å². The molecule has 0 atom stereocenters. The molecule has 0 fully saturated rings. The summed E-state index contributed by atoms with van der Waals surface area (Å²) in [6.45, 7) is 0.247. The van der Waals surface area contributed by atoms with Gasteiger partial charge in [-0.2, -0.15) is 0 Å². The number of benzene rings is 3. The highest BCUT2D eigenvalue weighted by Gasteiger charge is 2.28. The first-order valence-corrected chi connectivity index (χ1v) is 10.9. The van der Waals surface area contributed by atoms with Gasteiger partial charge in [0.25, 0.3) is 0 Å². The Morgan fingerprint density at radius 2 is 1.58 bits per heavy atom. The summed E-state index contributed by atoms with van der Waals surface area (Å²) in [6, 6.07) is 19.8. The van der Waals surface area contributed by atoms with Crippen LogP contribution in [0.3, 0.4) is 0 Å². The number of aromatic nitrogens is 1. The van der Waals surface area contributed by atoms with Gasteiger partial charge in [0.1, 0.15) is 29.2 Å². The van der Waals surface area contributed by atoms with Gasteiger partial charge in [0, 0.05) is 1.43 Å². The van der Waals surface area contributed by atoms with Crippen LogP contribution in [0.4, 0.5) is 5.82 Å². The van der Waals surface area contributed by atoms with E-state index in [-0.39, 0.29) is 30.2 Å². The van der Waals surface area contributed by atoms with Crippen LogP contribution in [0.15, 0.2) is 76.1 Å². The molecule has 3 aromatic carbocycles. The first-order valence-electron chi connectivity index (χ1n) is 9.35. The van der Waals surface area contributed by atoms with Crippen molar-refractivity contribution in [3.8, 4) is 17.2 Å². The summed E-state index contributed by atoms with van der Waals surface area (Å²) in [7, 11) is -0.694. The van der Waals surface area contributed by atoms with Crippen molar-refractivity contribution in [3.05, 3.63) is 72.3 Å². The smallest absolute Gasteiger partial charge is 0.199 e. The number of methoxy groups -OCH3 is 2. The topological polar surface area (TPSA) is 106 Å². The van der Waals surface area contributed by atoms with Crippen LogP contribution in [-0.4, -0.2) is 28.5 Å². The molecule has 1 heterocycles. The molecule has 0 bridgehead atoms. The number of fused-ring (bicyclic) bond motifs is 1. The molecule has 9 heteroatoms. The summed E-state index contributed by atoms with van der Waals surface area (Å²) in [5, 5.41) is 4.44. The third-order valence-corrected chi connectivity index (χ3v) is 6.05. The van der Waals surface area contributed by atoms with Crippen molar-refractivity contribution in [2.75, 3.05) is 18.9 Å². The maximum Gasteiger partial charge on any atom is 0.199 e. The Morgan fingerprint density at radius 3 is 2.32 bits per heavy atom. The number of nitrogens with zero attached hydrogens (tertiary/aromatic N) is 1. The molecule has 0 unspecified atom stereocenters. The minimum atomic E-state index is -3.66. The average Bonchev–Trinajstić information content (AvgIpc) is 3.20. The van der Waals surface area contributed by atoms with Crippen molar-refractivity contribution in [3.63, 3.8) is 0 Å². The summed E-state index contributed by atoms with van der Waals surface area (Å²) in [5.74, 6) is 1.15. The fraction of sp³-hybridized carbons (Fsp3) is 0.136. The zero-order valence-electron chi connectivity index (χ0n) is 16.9. The summed E-state index contributed by atoms with van der Waals surface area (Å²) in [5.41, 5.74) is 1.38. The van der Waals surface area contributed by atoms with Gasteiger partial charge in [0.2, 0.25) is 0 Å². The molecule has 31 heavy (non-hydrogen) atoms. The molecule has 0 spiro atoms. The van der Waals surface area contributed by atoms with Crippen molar-refractivity contribution < 1.29 is 29.3 Å². The normalized spacial score (nSPS) is 11.9. The van der Waals surface area contributed by atoms with Gasteiger partial charge in [0.15, 0.2) is 16.3 Å². The Hall–Kier alpha value is -3.40. The highest BCUT2D eigenvalue weighted by Crippen LogP contribution is 2.57. The summed E-state index contributed by atoms with van der Waals surface area (Å²) < 4.78 is 46.9. The molecule has 0 saturated heterocycles. The first kappa shape index (κ1) is 20.9. The maximum absolute atomic E-state index is 11.1. The number of hydrogen-bond acceptors (Lipinski definition) is 8. The molecule has 0 aliphatic carbocycles. The third-order valence-electron chi connectivity index (χ3n) is 4.60. The van der Waals surface area contributed by atoms with Crippen molar-refractivity contribution in [1.82, 2.24) is 5.16 Å². The van der Waals surface area contributed by atoms with Crippen LogP contribution in [0, 0.1) is 0 Å². The molecule has 1 aromatic heterocycles. The van der Waals surface area contributed by atoms with Gasteiger partial charge >= 0.3 is 0 Å². The molecule has 8 nitrogen and oxygen atoms in total. The molecule has 0 saturated carbocycles.